The van der Waals surface area contributed by atoms with E-state index < -0.39 is 0 Å². The predicted molar refractivity (Wildman–Crippen MR) is 74.6 cm³/mol. The molecule has 1 aromatic rings. The number of fused-ring (bicyclic) bond motifs is 1. The average molecular weight is 264 g/mol. The number of Topliss-reactive ketones (excluding diaryl/α,β-unsaturated/α-hetero) is 1. The highest BCUT2D eigenvalue weighted by Crippen LogP contribution is 2.36. The summed E-state index contributed by atoms with van der Waals surface area (Å²) in [5, 5.41) is 1.07. The molecule has 0 aromatic carbocycles. The van der Waals surface area contributed by atoms with Crippen LogP contribution in [0.1, 0.15) is 54.9 Å². The van der Waals surface area contributed by atoms with E-state index in [9.17, 15) is 4.79 Å². The lowest BCUT2D eigenvalue weighted by molar-refractivity contribution is 0.0968. The maximum absolute atomic E-state index is 11.9. The summed E-state index contributed by atoms with van der Waals surface area (Å²) in [5.74, 6) is 1.10. The zero-order valence-corrected chi connectivity index (χ0v) is 11.9. The lowest BCUT2D eigenvalue weighted by Gasteiger charge is -2.26. The number of anilines is 1. The minimum Gasteiger partial charge on any atom is -0.345 e. The number of aromatic nitrogens is 1. The Bertz CT molecular complexity index is 462. The van der Waals surface area contributed by atoms with Gasteiger partial charge in [0.25, 0.3) is 0 Å². The molecule has 0 bridgehead atoms. The van der Waals surface area contributed by atoms with Crippen molar-refractivity contribution in [2.75, 3.05) is 11.4 Å². The van der Waals surface area contributed by atoms with Crippen LogP contribution < -0.4 is 4.90 Å². The van der Waals surface area contributed by atoms with Crippen molar-refractivity contribution >= 4 is 22.3 Å². The van der Waals surface area contributed by atoms with Crippen LogP contribution in [0.5, 0.6) is 0 Å². The van der Waals surface area contributed by atoms with Gasteiger partial charge in [-0.3, -0.25) is 4.79 Å². The first-order valence-electron chi connectivity index (χ1n) is 6.94. The van der Waals surface area contributed by atoms with Gasteiger partial charge in [-0.1, -0.05) is 0 Å². The molecule has 0 unspecified atom stereocenters. The van der Waals surface area contributed by atoms with E-state index in [1.165, 1.54) is 17.7 Å². The zero-order valence-electron chi connectivity index (χ0n) is 11.1. The normalized spacial score (nSPS) is 19.2. The smallest absolute Gasteiger partial charge is 0.186 e. The molecule has 0 spiro atoms. The summed E-state index contributed by atoms with van der Waals surface area (Å²) in [5.41, 5.74) is 0.766. The van der Waals surface area contributed by atoms with Crippen molar-refractivity contribution in [2.24, 2.45) is 5.92 Å². The number of carbonyl (C=O) groups excluding carboxylic acids is 1. The third-order valence-corrected chi connectivity index (χ3v) is 4.93. The topological polar surface area (TPSA) is 33.2 Å². The van der Waals surface area contributed by atoms with Crippen LogP contribution in [0.3, 0.4) is 0 Å². The summed E-state index contributed by atoms with van der Waals surface area (Å²) >= 11 is 1.74. The van der Waals surface area contributed by atoms with Gasteiger partial charge in [-0.25, -0.2) is 4.98 Å². The monoisotopic (exact) mass is 264 g/mol. The fourth-order valence-electron chi connectivity index (χ4n) is 2.47. The quantitative estimate of drug-likeness (QED) is 0.836. The Morgan fingerprint density at radius 3 is 2.78 bits per heavy atom. The summed E-state index contributed by atoms with van der Waals surface area (Å²) in [4.78, 5) is 20.1. The Kier molecular flexibility index (Phi) is 3.14. The van der Waals surface area contributed by atoms with Crippen LogP contribution in [0.25, 0.3) is 0 Å². The van der Waals surface area contributed by atoms with Gasteiger partial charge in [0.1, 0.15) is 5.69 Å². The summed E-state index contributed by atoms with van der Waals surface area (Å²) in [6.45, 7) is 5.54. The van der Waals surface area contributed by atoms with Crippen LogP contribution in [-0.2, 0) is 6.42 Å². The number of ketones is 1. The fourth-order valence-corrected chi connectivity index (χ4v) is 3.73. The highest BCUT2D eigenvalue weighted by molar-refractivity contribution is 7.16. The van der Waals surface area contributed by atoms with Crippen LogP contribution in [0.4, 0.5) is 5.13 Å². The molecule has 0 amide bonds. The van der Waals surface area contributed by atoms with Crippen LogP contribution in [-0.4, -0.2) is 23.4 Å². The van der Waals surface area contributed by atoms with Crippen molar-refractivity contribution in [2.45, 2.75) is 52.0 Å². The fraction of sp³-hybridized carbons (Fsp3) is 0.714. The number of rotatable bonds is 4. The van der Waals surface area contributed by atoms with Crippen molar-refractivity contribution in [1.29, 1.82) is 0 Å². The molecular weight excluding hydrogens is 244 g/mol. The molecule has 2 aliphatic rings. The van der Waals surface area contributed by atoms with E-state index in [1.54, 1.807) is 11.3 Å². The Balaban J connectivity index is 1.87. The van der Waals surface area contributed by atoms with E-state index in [0.717, 1.165) is 36.1 Å². The molecule has 3 nitrogen and oxygen atoms in total. The van der Waals surface area contributed by atoms with Crippen molar-refractivity contribution in [3.05, 3.63) is 10.6 Å². The first kappa shape index (κ1) is 12.2. The lowest BCUT2D eigenvalue weighted by Crippen LogP contribution is -2.32. The van der Waals surface area contributed by atoms with Gasteiger partial charge in [0, 0.05) is 23.9 Å². The molecule has 4 heteroatoms. The molecule has 18 heavy (non-hydrogen) atoms. The predicted octanol–water partition coefficient (Wildman–Crippen LogP) is 3.29. The second-order valence-corrected chi connectivity index (χ2v) is 6.80. The minimum atomic E-state index is 0.244. The Labute approximate surface area is 112 Å². The molecule has 0 radical (unpaired) electrons. The van der Waals surface area contributed by atoms with Crippen molar-refractivity contribution in [3.63, 3.8) is 0 Å². The zero-order chi connectivity index (χ0) is 12.7. The SMILES string of the molecule is CC(C)N(CC1CC1)c1nc2c(s1)CCCC2=O. The lowest BCUT2D eigenvalue weighted by atomic mass is 10.0. The molecular formula is C14H20N2OS. The average Bonchev–Trinajstić information content (AvgIpc) is 3.04. The number of nitrogens with zero attached hydrogens (tertiary/aromatic N) is 2. The molecule has 1 fully saturated rings. The molecule has 0 aliphatic heterocycles. The van der Waals surface area contributed by atoms with Crippen LogP contribution in [0.2, 0.25) is 0 Å². The third-order valence-electron chi connectivity index (χ3n) is 3.78. The Morgan fingerprint density at radius 2 is 2.17 bits per heavy atom. The van der Waals surface area contributed by atoms with Crippen LogP contribution in [0, 0.1) is 5.92 Å². The minimum absolute atomic E-state index is 0.244. The van der Waals surface area contributed by atoms with Gasteiger partial charge in [-0.2, -0.15) is 0 Å². The molecule has 2 aliphatic carbocycles. The van der Waals surface area contributed by atoms with Crippen molar-refractivity contribution < 1.29 is 4.79 Å². The number of thiazole rings is 1. The molecule has 0 N–H and O–H groups in total. The van der Waals surface area contributed by atoms with E-state index in [-0.39, 0.29) is 5.78 Å². The van der Waals surface area contributed by atoms with Gasteiger partial charge in [0.15, 0.2) is 10.9 Å². The van der Waals surface area contributed by atoms with Gasteiger partial charge >= 0.3 is 0 Å². The summed E-state index contributed by atoms with van der Waals surface area (Å²) in [7, 11) is 0. The van der Waals surface area contributed by atoms with Gasteiger partial charge in [-0.05, 0) is 45.4 Å². The summed E-state index contributed by atoms with van der Waals surface area (Å²) in [6.07, 6.45) is 5.42. The number of hydrogen-bond donors (Lipinski definition) is 0. The molecule has 1 heterocycles. The molecule has 0 atom stereocenters. The standard InChI is InChI=1S/C14H20N2OS/c1-9(2)16(8-10-6-7-10)14-15-13-11(17)4-3-5-12(13)18-14/h9-10H,3-8H2,1-2H3. The number of carbonyl (C=O) groups is 1. The highest BCUT2D eigenvalue weighted by Gasteiger charge is 2.29. The van der Waals surface area contributed by atoms with E-state index >= 15 is 0 Å². The van der Waals surface area contributed by atoms with Gasteiger partial charge < -0.3 is 4.90 Å². The first-order valence-corrected chi connectivity index (χ1v) is 7.76. The van der Waals surface area contributed by atoms with Crippen LogP contribution in [0.15, 0.2) is 0 Å². The second kappa shape index (κ2) is 4.65. The second-order valence-electron chi connectivity index (χ2n) is 5.73. The Morgan fingerprint density at radius 1 is 1.39 bits per heavy atom. The van der Waals surface area contributed by atoms with E-state index in [4.69, 9.17) is 0 Å². The van der Waals surface area contributed by atoms with E-state index in [1.807, 2.05) is 0 Å². The Hall–Kier alpha value is -0.900. The van der Waals surface area contributed by atoms with E-state index in [2.05, 4.69) is 23.7 Å². The molecule has 1 aromatic heterocycles. The van der Waals surface area contributed by atoms with Gasteiger partial charge in [-0.15, -0.1) is 11.3 Å². The number of aryl methyl sites for hydroxylation is 1. The van der Waals surface area contributed by atoms with Crippen molar-refractivity contribution in [1.82, 2.24) is 4.98 Å². The molecule has 98 valence electrons. The summed E-state index contributed by atoms with van der Waals surface area (Å²) in [6, 6.07) is 0.466. The highest BCUT2D eigenvalue weighted by atomic mass is 32.1. The maximum atomic E-state index is 11.9. The van der Waals surface area contributed by atoms with Crippen molar-refractivity contribution in [3.8, 4) is 0 Å². The van der Waals surface area contributed by atoms with E-state index in [0.29, 0.717) is 12.5 Å². The van der Waals surface area contributed by atoms with Gasteiger partial charge in [0.05, 0.1) is 0 Å². The maximum Gasteiger partial charge on any atom is 0.186 e. The first-order chi connectivity index (χ1) is 8.65. The van der Waals surface area contributed by atoms with Crippen LogP contribution >= 0.6 is 11.3 Å². The van der Waals surface area contributed by atoms with Gasteiger partial charge in [0.2, 0.25) is 0 Å². The summed E-state index contributed by atoms with van der Waals surface area (Å²) < 4.78 is 0. The largest absolute Gasteiger partial charge is 0.345 e. The number of hydrogen-bond acceptors (Lipinski definition) is 4. The third kappa shape index (κ3) is 2.30. The molecule has 1 saturated carbocycles. The molecule has 3 rings (SSSR count). The molecule has 0 saturated heterocycles.